The number of allylic oxidation sites excluding steroid dienone is 3. The highest BCUT2D eigenvalue weighted by molar-refractivity contribution is 6.77. The average Bonchev–Trinajstić information content (AvgIpc) is 3.85. The van der Waals surface area contributed by atoms with Crippen molar-refractivity contribution >= 4 is 36.8 Å². The van der Waals surface area contributed by atoms with E-state index in [-0.39, 0.29) is 5.92 Å². The molecule has 1 radical (unpaired) electrons. The maximum Gasteiger partial charge on any atom is 0.131 e. The van der Waals surface area contributed by atoms with Crippen LogP contribution >= 0.6 is 0 Å². The van der Waals surface area contributed by atoms with Crippen molar-refractivity contribution in [1.82, 2.24) is 0 Å². The van der Waals surface area contributed by atoms with Crippen LogP contribution in [0.25, 0.3) is 45.0 Å². The molecule has 2 aliphatic carbocycles. The van der Waals surface area contributed by atoms with E-state index >= 15 is 0 Å². The summed E-state index contributed by atoms with van der Waals surface area (Å²) in [6.45, 7) is 6.34. The summed E-state index contributed by atoms with van der Waals surface area (Å²) in [6, 6.07) is 42.9. The van der Waals surface area contributed by atoms with E-state index in [1.807, 2.05) is 6.92 Å². The van der Waals surface area contributed by atoms with E-state index in [0.717, 1.165) is 29.5 Å². The van der Waals surface area contributed by atoms with Crippen molar-refractivity contribution in [1.29, 1.82) is 0 Å². The van der Waals surface area contributed by atoms with E-state index in [4.69, 9.17) is 8.83 Å². The molecule has 47 heavy (non-hydrogen) atoms. The largest absolute Gasteiger partial charge is 0.462 e. The molecule has 1 fully saturated rings. The summed E-state index contributed by atoms with van der Waals surface area (Å²) in [5.41, 5.74) is 15.9. The van der Waals surface area contributed by atoms with Gasteiger partial charge in [0.1, 0.15) is 23.0 Å². The van der Waals surface area contributed by atoms with Gasteiger partial charge < -0.3 is 8.83 Å². The van der Waals surface area contributed by atoms with Crippen LogP contribution in [0.3, 0.4) is 0 Å². The van der Waals surface area contributed by atoms with E-state index in [9.17, 15) is 0 Å². The van der Waals surface area contributed by atoms with Gasteiger partial charge in [0.2, 0.25) is 0 Å². The molecule has 2 aromatic heterocycles. The maximum atomic E-state index is 6.49. The molecule has 6 aromatic rings. The number of rotatable bonds is 6. The Morgan fingerprint density at radius 1 is 0.617 bits per heavy atom. The summed E-state index contributed by atoms with van der Waals surface area (Å²) in [7, 11) is -0.595. The first-order valence-electron chi connectivity index (χ1n) is 16.9. The Labute approximate surface area is 278 Å². The number of hydrogen-bond acceptors (Lipinski definition) is 2. The molecule has 1 saturated heterocycles. The second-order valence-corrected chi connectivity index (χ2v) is 16.1. The first-order valence-corrected chi connectivity index (χ1v) is 18.8. The van der Waals surface area contributed by atoms with Gasteiger partial charge in [0.15, 0.2) is 0 Å². The van der Waals surface area contributed by atoms with Crippen molar-refractivity contribution in [3.05, 3.63) is 160 Å². The molecule has 0 N–H and O–H groups in total. The molecule has 0 amide bonds. The summed E-state index contributed by atoms with van der Waals surface area (Å²) >= 11 is 0. The molecule has 3 heterocycles. The van der Waals surface area contributed by atoms with Crippen molar-refractivity contribution in [2.75, 3.05) is 0 Å². The normalized spacial score (nSPS) is 17.1. The van der Waals surface area contributed by atoms with Crippen LogP contribution in [-0.4, -0.2) is 8.80 Å². The fourth-order valence-electron chi connectivity index (χ4n) is 8.15. The van der Waals surface area contributed by atoms with Gasteiger partial charge >= 0.3 is 0 Å². The third-order valence-electron chi connectivity index (χ3n) is 10.5. The minimum Gasteiger partial charge on any atom is -0.462 e. The standard InChI is InChI=1S/C44H37O2Si/c1-27-15-19-33-34(40(27)30-11-6-4-7-12-30)26-36(38-21-17-29(3)46-38)43(33)44-35(37-20-16-28(2)45-37)25-32-18-22-39(47-23-10-24-47)41(42(32)44)31-13-8-5-9-14-31/h4-9,11-22,26,43H,10,23-25H2,1-3H3. The molecule has 3 aliphatic rings. The zero-order valence-corrected chi connectivity index (χ0v) is 28.2. The molecular weight excluding hydrogens is 589 g/mol. The fourth-order valence-corrected chi connectivity index (χ4v) is 10.3. The lowest BCUT2D eigenvalue weighted by molar-refractivity contribution is 0.518. The summed E-state index contributed by atoms with van der Waals surface area (Å²) in [4.78, 5) is 0. The quantitative estimate of drug-likeness (QED) is 0.172. The first-order chi connectivity index (χ1) is 23.0. The highest BCUT2D eigenvalue weighted by Gasteiger charge is 2.41. The Balaban J connectivity index is 1.37. The van der Waals surface area contributed by atoms with Crippen molar-refractivity contribution in [3.8, 4) is 22.3 Å². The van der Waals surface area contributed by atoms with Crippen LogP contribution in [-0.2, 0) is 6.42 Å². The van der Waals surface area contributed by atoms with Gasteiger partial charge in [0.05, 0.1) is 8.80 Å². The maximum absolute atomic E-state index is 6.49. The Hall–Kier alpha value is -4.86. The minimum atomic E-state index is -0.595. The number of furan rings is 2. The van der Waals surface area contributed by atoms with Crippen LogP contribution < -0.4 is 5.19 Å². The van der Waals surface area contributed by atoms with E-state index in [1.54, 1.807) is 5.19 Å². The molecule has 4 aromatic carbocycles. The molecule has 229 valence electrons. The second kappa shape index (κ2) is 11.1. The predicted molar refractivity (Wildman–Crippen MR) is 196 cm³/mol. The van der Waals surface area contributed by atoms with Crippen LogP contribution in [0.15, 0.2) is 118 Å². The van der Waals surface area contributed by atoms with Gasteiger partial charge in [-0.15, -0.1) is 0 Å². The molecular formula is C44H37O2Si. The van der Waals surface area contributed by atoms with Gasteiger partial charge in [-0.1, -0.05) is 109 Å². The van der Waals surface area contributed by atoms with Crippen molar-refractivity contribution in [2.24, 2.45) is 0 Å². The Morgan fingerprint density at radius 2 is 1.28 bits per heavy atom. The van der Waals surface area contributed by atoms with E-state index < -0.39 is 8.80 Å². The lowest BCUT2D eigenvalue weighted by Crippen LogP contribution is -2.38. The molecule has 0 saturated carbocycles. The number of fused-ring (bicyclic) bond motifs is 2. The van der Waals surface area contributed by atoms with Gasteiger partial charge in [0, 0.05) is 23.5 Å². The molecule has 0 bridgehead atoms. The fraction of sp³-hybridized carbons (Fsp3) is 0.182. The second-order valence-electron chi connectivity index (χ2n) is 13.4. The summed E-state index contributed by atoms with van der Waals surface area (Å²) in [5, 5.41) is 1.59. The van der Waals surface area contributed by atoms with E-state index in [2.05, 4.69) is 129 Å². The lowest BCUT2D eigenvalue weighted by atomic mass is 9.79. The number of aryl methyl sites for hydroxylation is 3. The van der Waals surface area contributed by atoms with E-state index in [0.29, 0.717) is 0 Å². The number of benzene rings is 4. The average molecular weight is 626 g/mol. The summed E-state index contributed by atoms with van der Waals surface area (Å²) < 4.78 is 13.0. The predicted octanol–water partition coefficient (Wildman–Crippen LogP) is 11.0. The summed E-state index contributed by atoms with van der Waals surface area (Å²) in [6.07, 6.45) is 4.63. The van der Waals surface area contributed by atoms with Crippen LogP contribution in [0.2, 0.25) is 12.1 Å². The van der Waals surface area contributed by atoms with Crippen LogP contribution in [0.4, 0.5) is 0 Å². The van der Waals surface area contributed by atoms with Gasteiger partial charge in [-0.2, -0.15) is 0 Å². The van der Waals surface area contributed by atoms with Gasteiger partial charge in [-0.3, -0.25) is 0 Å². The Morgan fingerprint density at radius 3 is 1.89 bits per heavy atom. The molecule has 1 unspecified atom stereocenters. The Kier molecular flexibility index (Phi) is 6.72. The molecule has 2 nitrogen and oxygen atoms in total. The van der Waals surface area contributed by atoms with Gasteiger partial charge in [-0.05, 0) is 107 Å². The van der Waals surface area contributed by atoms with Gasteiger partial charge in [-0.25, -0.2) is 0 Å². The van der Waals surface area contributed by atoms with Crippen molar-refractivity contribution < 1.29 is 8.83 Å². The van der Waals surface area contributed by atoms with Crippen molar-refractivity contribution in [3.63, 3.8) is 0 Å². The third kappa shape index (κ3) is 4.59. The van der Waals surface area contributed by atoms with Crippen molar-refractivity contribution in [2.45, 2.75) is 51.6 Å². The molecule has 3 heteroatoms. The SMILES string of the molecule is Cc1ccc(C2=Cc3c(ccc(C)c3-c3ccccc3)C2C2=C(c3ccc(C)o3)Cc3ccc([Si]4CCC4)c(-c4ccccc4)c32)o1. The minimum absolute atomic E-state index is 0.00315. The zero-order valence-electron chi connectivity index (χ0n) is 27.2. The molecule has 1 aliphatic heterocycles. The third-order valence-corrected chi connectivity index (χ3v) is 13.6. The van der Waals surface area contributed by atoms with Crippen LogP contribution in [0.5, 0.6) is 0 Å². The van der Waals surface area contributed by atoms with E-state index in [1.165, 1.54) is 85.3 Å². The highest BCUT2D eigenvalue weighted by Crippen LogP contribution is 2.58. The van der Waals surface area contributed by atoms with Crippen LogP contribution in [0, 0.1) is 20.8 Å². The monoisotopic (exact) mass is 625 g/mol. The van der Waals surface area contributed by atoms with Crippen LogP contribution in [0.1, 0.15) is 63.2 Å². The smallest absolute Gasteiger partial charge is 0.131 e. The number of hydrogen-bond donors (Lipinski definition) is 0. The first kappa shape index (κ1) is 28.4. The zero-order chi connectivity index (χ0) is 31.6. The topological polar surface area (TPSA) is 26.3 Å². The van der Waals surface area contributed by atoms with Gasteiger partial charge in [0.25, 0.3) is 0 Å². The summed E-state index contributed by atoms with van der Waals surface area (Å²) in [5.74, 6) is 3.79. The Bertz CT molecular complexity index is 2220. The molecule has 1 atom stereocenters. The molecule has 9 rings (SSSR count). The lowest BCUT2D eigenvalue weighted by Gasteiger charge is -2.30. The molecule has 0 spiro atoms. The highest BCUT2D eigenvalue weighted by atomic mass is 28.3.